The van der Waals surface area contributed by atoms with Gasteiger partial charge in [-0.05, 0) is 90.9 Å². The number of hydrogen-bond acceptors (Lipinski definition) is 5. The smallest absolute Gasteiger partial charge is 0.414 e. The number of ether oxygens (including phenoxy) is 3. The lowest BCUT2D eigenvalue weighted by Crippen LogP contribution is -2.25. The molecule has 1 aliphatic carbocycles. The Morgan fingerprint density at radius 3 is 2.36 bits per heavy atom. The maximum Gasteiger partial charge on any atom is 0.414 e. The molecule has 2 fully saturated rings. The predicted molar refractivity (Wildman–Crippen MR) is 123 cm³/mol. The van der Waals surface area contributed by atoms with Gasteiger partial charge in [-0.1, -0.05) is 23.7 Å². The van der Waals surface area contributed by atoms with Crippen molar-refractivity contribution in [3.63, 3.8) is 0 Å². The molecule has 3 aromatic rings. The highest BCUT2D eigenvalue weighted by Crippen LogP contribution is 2.38. The molecule has 0 aromatic heterocycles. The maximum atomic E-state index is 11.8. The van der Waals surface area contributed by atoms with E-state index in [1.807, 2.05) is 54.6 Å². The van der Waals surface area contributed by atoms with Crippen molar-refractivity contribution in [2.75, 3.05) is 0 Å². The summed E-state index contributed by atoms with van der Waals surface area (Å²) in [5.74, 6) is 3.13. The third-order valence-corrected chi connectivity index (χ3v) is 5.85. The monoisotopic (exact) mass is 463 g/mol. The number of hydrogen-bond donors (Lipinski definition) is 1. The van der Waals surface area contributed by atoms with E-state index in [9.17, 15) is 9.59 Å². The minimum absolute atomic E-state index is 0.289. The van der Waals surface area contributed by atoms with E-state index in [1.165, 1.54) is 12.8 Å². The van der Waals surface area contributed by atoms with E-state index in [0.29, 0.717) is 16.7 Å². The number of halogens is 1. The molecule has 1 atom stereocenters. The average Bonchev–Trinajstić information content (AvgIpc) is 3.55. The van der Waals surface area contributed by atoms with Gasteiger partial charge in [0.2, 0.25) is 0 Å². The minimum atomic E-state index is -0.817. The standard InChI is InChI=1S/C26H22ClNO5/c27-19-6-8-20(9-7-19)31-22-10-11-23(18(15-22)12-16-4-5-16)32-21-3-1-2-17(13-21)14-24-25(29)28-26(30)33-24/h1-3,6-11,13,15-16,24H,4-5,12,14H2,(H,28,29,30)/t24-/m1/s1. The first-order valence-corrected chi connectivity index (χ1v) is 11.2. The van der Waals surface area contributed by atoms with Crippen LogP contribution in [-0.4, -0.2) is 18.1 Å². The van der Waals surface area contributed by atoms with Crippen molar-refractivity contribution in [3.8, 4) is 23.0 Å². The summed E-state index contributed by atoms with van der Waals surface area (Å²) in [7, 11) is 0. The molecule has 7 heteroatoms. The van der Waals surface area contributed by atoms with Gasteiger partial charge < -0.3 is 14.2 Å². The Morgan fingerprint density at radius 2 is 1.64 bits per heavy atom. The van der Waals surface area contributed by atoms with Gasteiger partial charge in [0.05, 0.1) is 0 Å². The van der Waals surface area contributed by atoms with Gasteiger partial charge in [0.25, 0.3) is 5.91 Å². The fraction of sp³-hybridized carbons (Fsp3) is 0.231. The molecule has 1 heterocycles. The van der Waals surface area contributed by atoms with Gasteiger partial charge in [-0.15, -0.1) is 0 Å². The zero-order valence-corrected chi connectivity index (χ0v) is 18.5. The van der Waals surface area contributed by atoms with Crippen LogP contribution in [0.25, 0.3) is 0 Å². The summed E-state index contributed by atoms with van der Waals surface area (Å²) in [4.78, 5) is 23.0. The van der Waals surface area contributed by atoms with E-state index >= 15 is 0 Å². The molecule has 0 radical (unpaired) electrons. The Hall–Kier alpha value is -3.51. The number of rotatable bonds is 8. The molecule has 2 amide bonds. The van der Waals surface area contributed by atoms with E-state index in [1.54, 1.807) is 12.1 Å². The molecule has 6 nitrogen and oxygen atoms in total. The highest BCUT2D eigenvalue weighted by molar-refractivity contribution is 6.30. The number of alkyl carbamates (subject to hydrolysis) is 1. The molecule has 1 saturated heterocycles. The molecule has 2 aliphatic rings. The van der Waals surface area contributed by atoms with E-state index < -0.39 is 18.1 Å². The van der Waals surface area contributed by atoms with Crippen LogP contribution < -0.4 is 14.8 Å². The fourth-order valence-corrected chi connectivity index (χ4v) is 3.88. The third-order valence-electron chi connectivity index (χ3n) is 5.60. The van der Waals surface area contributed by atoms with Gasteiger partial charge in [-0.3, -0.25) is 10.1 Å². The second-order valence-electron chi connectivity index (χ2n) is 8.31. The molecular weight excluding hydrogens is 442 g/mol. The van der Waals surface area contributed by atoms with Crippen LogP contribution in [0.2, 0.25) is 5.02 Å². The van der Waals surface area contributed by atoms with Gasteiger partial charge in [-0.2, -0.15) is 0 Å². The SMILES string of the molecule is O=C1NC(=O)[C@@H](Cc2cccc(Oc3ccc(Oc4ccc(Cl)cc4)cc3CC3CC3)c2)O1. The molecule has 1 N–H and O–H groups in total. The second-order valence-corrected chi connectivity index (χ2v) is 8.75. The lowest BCUT2D eigenvalue weighted by Gasteiger charge is -2.15. The summed E-state index contributed by atoms with van der Waals surface area (Å²) in [5, 5.41) is 2.81. The first-order valence-electron chi connectivity index (χ1n) is 10.9. The lowest BCUT2D eigenvalue weighted by molar-refractivity contribution is -0.123. The third kappa shape index (κ3) is 5.46. The van der Waals surface area contributed by atoms with Gasteiger partial charge in [0, 0.05) is 11.4 Å². The Morgan fingerprint density at radius 1 is 0.879 bits per heavy atom. The quantitative estimate of drug-likeness (QED) is 0.440. The van der Waals surface area contributed by atoms with Crippen molar-refractivity contribution in [3.05, 3.63) is 82.9 Å². The van der Waals surface area contributed by atoms with Crippen LogP contribution in [-0.2, 0) is 22.4 Å². The van der Waals surface area contributed by atoms with Crippen molar-refractivity contribution in [2.24, 2.45) is 5.92 Å². The first-order chi connectivity index (χ1) is 16.0. The molecule has 3 aromatic carbocycles. The summed E-state index contributed by atoms with van der Waals surface area (Å²) >= 11 is 5.96. The largest absolute Gasteiger partial charge is 0.457 e. The zero-order valence-electron chi connectivity index (χ0n) is 17.8. The topological polar surface area (TPSA) is 73.9 Å². The fourth-order valence-electron chi connectivity index (χ4n) is 3.75. The van der Waals surface area contributed by atoms with E-state index in [4.69, 9.17) is 25.8 Å². The molecule has 33 heavy (non-hydrogen) atoms. The predicted octanol–water partition coefficient (Wildman–Crippen LogP) is 6.05. The molecule has 0 spiro atoms. The first kappa shape index (κ1) is 21.3. The molecule has 1 aliphatic heterocycles. The van der Waals surface area contributed by atoms with Crippen molar-refractivity contribution in [1.29, 1.82) is 0 Å². The van der Waals surface area contributed by atoms with Gasteiger partial charge >= 0.3 is 6.09 Å². The number of cyclic esters (lactones) is 1. The molecule has 1 saturated carbocycles. The van der Waals surface area contributed by atoms with Gasteiger partial charge in [-0.25, -0.2) is 4.79 Å². The number of carbonyl (C=O) groups is 2. The summed E-state index contributed by atoms with van der Waals surface area (Å²) in [5.41, 5.74) is 1.92. The summed E-state index contributed by atoms with van der Waals surface area (Å²) in [6.07, 6.45) is 2.13. The number of amides is 2. The van der Waals surface area contributed by atoms with Crippen LogP contribution in [0.3, 0.4) is 0 Å². The molecule has 0 unspecified atom stereocenters. The van der Waals surface area contributed by atoms with Crippen LogP contribution in [0, 0.1) is 5.92 Å². The molecular formula is C26H22ClNO5. The van der Waals surface area contributed by atoms with Crippen LogP contribution >= 0.6 is 11.6 Å². The Labute approximate surface area is 196 Å². The van der Waals surface area contributed by atoms with E-state index in [2.05, 4.69) is 5.32 Å². The van der Waals surface area contributed by atoms with Crippen molar-refractivity contribution in [1.82, 2.24) is 5.32 Å². The number of nitrogens with one attached hydrogen (secondary N) is 1. The molecule has 168 valence electrons. The number of benzene rings is 3. The molecule has 0 bridgehead atoms. The van der Waals surface area contributed by atoms with Crippen LogP contribution in [0.15, 0.2) is 66.7 Å². The van der Waals surface area contributed by atoms with Gasteiger partial charge in [0.15, 0.2) is 6.10 Å². The summed E-state index contributed by atoms with van der Waals surface area (Å²) in [6.45, 7) is 0. The van der Waals surface area contributed by atoms with Crippen molar-refractivity contribution in [2.45, 2.75) is 31.8 Å². The van der Waals surface area contributed by atoms with Crippen LogP contribution in [0.5, 0.6) is 23.0 Å². The maximum absolute atomic E-state index is 11.8. The van der Waals surface area contributed by atoms with Crippen molar-refractivity contribution < 1.29 is 23.8 Å². The summed E-state index contributed by atoms with van der Waals surface area (Å²) < 4.78 is 17.2. The molecule has 5 rings (SSSR count). The lowest BCUT2D eigenvalue weighted by atomic mass is 10.1. The summed E-state index contributed by atoms with van der Waals surface area (Å²) in [6, 6.07) is 20.5. The van der Waals surface area contributed by atoms with E-state index in [0.717, 1.165) is 34.8 Å². The van der Waals surface area contributed by atoms with Crippen LogP contribution in [0.4, 0.5) is 4.79 Å². The van der Waals surface area contributed by atoms with Gasteiger partial charge in [0.1, 0.15) is 23.0 Å². The normalized spacial score (nSPS) is 17.4. The Kier molecular flexibility index (Phi) is 5.92. The Balaban J connectivity index is 1.33. The number of imide groups is 1. The minimum Gasteiger partial charge on any atom is -0.457 e. The van der Waals surface area contributed by atoms with Crippen molar-refractivity contribution >= 4 is 23.6 Å². The highest BCUT2D eigenvalue weighted by atomic mass is 35.5. The number of carbonyl (C=O) groups excluding carboxylic acids is 2. The van der Waals surface area contributed by atoms with E-state index in [-0.39, 0.29) is 6.42 Å². The second kappa shape index (κ2) is 9.16. The van der Waals surface area contributed by atoms with Crippen LogP contribution in [0.1, 0.15) is 24.0 Å². The Bertz CT molecular complexity index is 1190. The zero-order chi connectivity index (χ0) is 22.8. The highest BCUT2D eigenvalue weighted by Gasteiger charge is 2.32. The average molecular weight is 464 g/mol.